The van der Waals surface area contributed by atoms with Crippen LogP contribution in [-0.4, -0.2) is 50.3 Å². The van der Waals surface area contributed by atoms with Gasteiger partial charge < -0.3 is 15.0 Å². The van der Waals surface area contributed by atoms with Crippen LogP contribution in [-0.2, 0) is 4.74 Å². The SMILES string of the molecule is CCCC1(C)CCCN(C(=NCC2(C)COC2)NCC)C1.I. The molecule has 0 aliphatic carbocycles. The zero-order valence-electron chi connectivity index (χ0n) is 14.8. The highest BCUT2D eigenvalue weighted by atomic mass is 127. The molecule has 0 radical (unpaired) electrons. The first-order valence-electron chi connectivity index (χ1n) is 8.61. The van der Waals surface area contributed by atoms with Gasteiger partial charge in [0.05, 0.1) is 19.8 Å². The Balaban J connectivity index is 0.00000242. The highest BCUT2D eigenvalue weighted by molar-refractivity contribution is 14.0. The van der Waals surface area contributed by atoms with Crippen molar-refractivity contribution in [2.24, 2.45) is 15.8 Å². The molecule has 0 aromatic carbocycles. The number of nitrogens with zero attached hydrogens (tertiary/aromatic N) is 2. The van der Waals surface area contributed by atoms with Gasteiger partial charge in [-0.3, -0.25) is 4.99 Å². The molecule has 1 N–H and O–H groups in total. The van der Waals surface area contributed by atoms with Gasteiger partial charge in [0, 0.05) is 25.0 Å². The average molecular weight is 423 g/mol. The number of likely N-dealkylation sites (tertiary alicyclic amines) is 1. The summed E-state index contributed by atoms with van der Waals surface area (Å²) in [5.74, 6) is 1.10. The van der Waals surface area contributed by atoms with Crippen LogP contribution in [0, 0.1) is 10.8 Å². The molecule has 0 spiro atoms. The Labute approximate surface area is 153 Å². The van der Waals surface area contributed by atoms with Crippen molar-refractivity contribution < 1.29 is 4.74 Å². The molecule has 2 heterocycles. The number of rotatable bonds is 5. The highest BCUT2D eigenvalue weighted by Crippen LogP contribution is 2.34. The lowest BCUT2D eigenvalue weighted by molar-refractivity contribution is -0.0946. The largest absolute Gasteiger partial charge is 0.380 e. The van der Waals surface area contributed by atoms with E-state index in [1.807, 2.05) is 0 Å². The van der Waals surface area contributed by atoms with Gasteiger partial charge in [0.25, 0.3) is 0 Å². The Bertz CT molecular complexity index is 367. The monoisotopic (exact) mass is 423 g/mol. The number of hydrogen-bond donors (Lipinski definition) is 1. The zero-order valence-corrected chi connectivity index (χ0v) is 17.1. The van der Waals surface area contributed by atoms with E-state index < -0.39 is 0 Å². The summed E-state index contributed by atoms with van der Waals surface area (Å²) >= 11 is 0. The fourth-order valence-corrected chi connectivity index (χ4v) is 3.54. The molecule has 2 rings (SSSR count). The molecule has 22 heavy (non-hydrogen) atoms. The maximum Gasteiger partial charge on any atom is 0.193 e. The molecule has 2 aliphatic rings. The fourth-order valence-electron chi connectivity index (χ4n) is 3.54. The van der Waals surface area contributed by atoms with Gasteiger partial charge in [-0.1, -0.05) is 27.2 Å². The second-order valence-electron chi connectivity index (χ2n) is 7.56. The minimum atomic E-state index is 0. The summed E-state index contributed by atoms with van der Waals surface area (Å²) in [6.07, 6.45) is 5.21. The van der Waals surface area contributed by atoms with Crippen LogP contribution in [0.5, 0.6) is 0 Å². The van der Waals surface area contributed by atoms with Gasteiger partial charge in [-0.05, 0) is 31.6 Å². The van der Waals surface area contributed by atoms with E-state index in [0.717, 1.165) is 45.4 Å². The molecule has 0 saturated carbocycles. The molecule has 2 fully saturated rings. The summed E-state index contributed by atoms with van der Waals surface area (Å²) in [5, 5.41) is 3.49. The number of ether oxygens (including phenoxy) is 1. The van der Waals surface area contributed by atoms with E-state index in [4.69, 9.17) is 9.73 Å². The highest BCUT2D eigenvalue weighted by Gasteiger charge is 2.34. The van der Waals surface area contributed by atoms with Crippen molar-refractivity contribution in [1.29, 1.82) is 0 Å². The molecule has 2 aliphatic heterocycles. The van der Waals surface area contributed by atoms with Crippen LogP contribution in [0.4, 0.5) is 0 Å². The Kier molecular flexibility index (Phi) is 7.92. The number of nitrogens with one attached hydrogen (secondary N) is 1. The first-order valence-corrected chi connectivity index (χ1v) is 8.61. The molecular weight excluding hydrogens is 389 g/mol. The third-order valence-electron chi connectivity index (χ3n) is 4.78. The maximum absolute atomic E-state index is 5.34. The minimum absolute atomic E-state index is 0. The first kappa shape index (κ1) is 20.0. The number of aliphatic imine (C=N–C) groups is 1. The van der Waals surface area contributed by atoms with Gasteiger partial charge in [-0.25, -0.2) is 0 Å². The van der Waals surface area contributed by atoms with E-state index in [1.165, 1.54) is 25.7 Å². The van der Waals surface area contributed by atoms with Gasteiger partial charge >= 0.3 is 0 Å². The van der Waals surface area contributed by atoms with Gasteiger partial charge in [0.1, 0.15) is 0 Å². The topological polar surface area (TPSA) is 36.9 Å². The smallest absolute Gasteiger partial charge is 0.193 e. The predicted molar refractivity (Wildman–Crippen MR) is 104 cm³/mol. The lowest BCUT2D eigenvalue weighted by Crippen LogP contribution is -2.50. The maximum atomic E-state index is 5.34. The van der Waals surface area contributed by atoms with E-state index in [-0.39, 0.29) is 29.4 Å². The standard InChI is InChI=1S/C17H33N3O.HI/c1-5-8-16(3)9-7-10-20(12-16)15(18-6-2)19-11-17(4)13-21-14-17;/h5-14H2,1-4H3,(H,18,19);1H. The van der Waals surface area contributed by atoms with Crippen LogP contribution in [0.2, 0.25) is 0 Å². The quantitative estimate of drug-likeness (QED) is 0.418. The van der Waals surface area contributed by atoms with Crippen molar-refractivity contribution in [1.82, 2.24) is 10.2 Å². The molecule has 0 amide bonds. The molecular formula is C17H34IN3O. The second-order valence-corrected chi connectivity index (χ2v) is 7.56. The Morgan fingerprint density at radius 3 is 2.50 bits per heavy atom. The van der Waals surface area contributed by atoms with E-state index in [0.29, 0.717) is 5.41 Å². The summed E-state index contributed by atoms with van der Waals surface area (Å²) in [4.78, 5) is 7.39. The van der Waals surface area contributed by atoms with Gasteiger partial charge in [0.15, 0.2) is 5.96 Å². The van der Waals surface area contributed by atoms with Crippen LogP contribution >= 0.6 is 24.0 Å². The summed E-state index contributed by atoms with van der Waals surface area (Å²) in [7, 11) is 0. The van der Waals surface area contributed by atoms with Crippen LogP contribution in [0.1, 0.15) is 53.4 Å². The van der Waals surface area contributed by atoms with Crippen molar-refractivity contribution >= 4 is 29.9 Å². The first-order chi connectivity index (χ1) is 10.0. The van der Waals surface area contributed by atoms with E-state index in [9.17, 15) is 0 Å². The summed E-state index contributed by atoms with van der Waals surface area (Å²) in [6, 6.07) is 0. The lowest BCUT2D eigenvalue weighted by Gasteiger charge is -2.42. The number of guanidine groups is 1. The van der Waals surface area contributed by atoms with Crippen LogP contribution in [0.3, 0.4) is 0 Å². The van der Waals surface area contributed by atoms with Crippen molar-refractivity contribution in [3.63, 3.8) is 0 Å². The van der Waals surface area contributed by atoms with Gasteiger partial charge in [-0.15, -0.1) is 24.0 Å². The van der Waals surface area contributed by atoms with Crippen LogP contribution in [0.25, 0.3) is 0 Å². The number of piperidine rings is 1. The lowest BCUT2D eigenvalue weighted by atomic mass is 9.78. The van der Waals surface area contributed by atoms with E-state index in [1.54, 1.807) is 0 Å². The molecule has 0 aromatic rings. The summed E-state index contributed by atoms with van der Waals surface area (Å²) in [5.41, 5.74) is 0.704. The van der Waals surface area contributed by atoms with E-state index >= 15 is 0 Å². The Hall–Kier alpha value is -0.0400. The minimum Gasteiger partial charge on any atom is -0.380 e. The Morgan fingerprint density at radius 2 is 1.95 bits per heavy atom. The number of hydrogen-bond acceptors (Lipinski definition) is 2. The summed E-state index contributed by atoms with van der Waals surface area (Å²) < 4.78 is 5.34. The molecule has 0 bridgehead atoms. The molecule has 1 atom stereocenters. The number of halogens is 1. The fraction of sp³-hybridized carbons (Fsp3) is 0.941. The molecule has 130 valence electrons. The molecule has 1 unspecified atom stereocenters. The molecule has 2 saturated heterocycles. The van der Waals surface area contributed by atoms with Gasteiger partial charge in [0.2, 0.25) is 0 Å². The Morgan fingerprint density at radius 1 is 1.23 bits per heavy atom. The predicted octanol–water partition coefficient (Wildman–Crippen LogP) is 3.51. The van der Waals surface area contributed by atoms with Crippen LogP contribution < -0.4 is 5.32 Å². The molecule has 5 heteroatoms. The van der Waals surface area contributed by atoms with Crippen LogP contribution in [0.15, 0.2) is 4.99 Å². The van der Waals surface area contributed by atoms with Crippen molar-refractivity contribution in [2.45, 2.75) is 53.4 Å². The van der Waals surface area contributed by atoms with Crippen molar-refractivity contribution in [2.75, 3.05) is 39.4 Å². The van der Waals surface area contributed by atoms with Crippen molar-refractivity contribution in [3.8, 4) is 0 Å². The second kappa shape index (κ2) is 8.71. The van der Waals surface area contributed by atoms with E-state index in [2.05, 4.69) is 37.9 Å². The third-order valence-corrected chi connectivity index (χ3v) is 4.78. The van der Waals surface area contributed by atoms with Crippen molar-refractivity contribution in [3.05, 3.63) is 0 Å². The molecule has 4 nitrogen and oxygen atoms in total. The molecule has 0 aromatic heterocycles. The summed E-state index contributed by atoms with van der Waals surface area (Å²) in [6.45, 7) is 14.9. The van der Waals surface area contributed by atoms with Gasteiger partial charge in [-0.2, -0.15) is 0 Å². The zero-order chi connectivity index (χ0) is 15.3. The average Bonchev–Trinajstić information content (AvgIpc) is 2.41. The third kappa shape index (κ3) is 5.25. The normalized spacial score (nSPS) is 27.8.